The summed E-state index contributed by atoms with van der Waals surface area (Å²) in [6.45, 7) is 6.86. The molecule has 1 N–H and O–H groups in total. The van der Waals surface area contributed by atoms with E-state index in [2.05, 4.69) is 51.9 Å². The average Bonchev–Trinajstić information content (AvgIpc) is 3.40. The highest BCUT2D eigenvalue weighted by atomic mass is 127. The van der Waals surface area contributed by atoms with Crippen molar-refractivity contribution in [1.29, 1.82) is 0 Å². The summed E-state index contributed by atoms with van der Waals surface area (Å²) in [4.78, 5) is 9.84. The lowest BCUT2D eigenvalue weighted by atomic mass is 9.72. The molecule has 0 spiro atoms. The van der Waals surface area contributed by atoms with Gasteiger partial charge in [0.15, 0.2) is 0 Å². The van der Waals surface area contributed by atoms with E-state index in [4.69, 9.17) is 4.98 Å². The van der Waals surface area contributed by atoms with Gasteiger partial charge in [-0.05, 0) is 73.3 Å². The number of rotatable bonds is 3. The first kappa shape index (κ1) is 19.3. The second kappa shape index (κ2) is 7.52. The molecule has 6 heteroatoms. The topological polar surface area (TPSA) is 62.5 Å². The summed E-state index contributed by atoms with van der Waals surface area (Å²) in [6, 6.07) is 4.41. The van der Waals surface area contributed by atoms with Gasteiger partial charge in [0.05, 0.1) is 26.7 Å². The van der Waals surface area contributed by atoms with Crippen LogP contribution in [0.3, 0.4) is 0 Å². The Balaban J connectivity index is 1.81. The Bertz CT molecular complexity index is 1020. The first-order valence-corrected chi connectivity index (χ1v) is 12.7. The van der Waals surface area contributed by atoms with Crippen LogP contribution in [0, 0.1) is 12.3 Å². The molecule has 152 valence electrons. The fourth-order valence-corrected chi connectivity index (χ4v) is 6.52. The molecule has 2 aromatic heterocycles. The van der Waals surface area contributed by atoms with Gasteiger partial charge in [0.25, 0.3) is 0 Å². The maximum atomic E-state index is 5.37. The number of nitrogens with one attached hydrogen (secondary N) is 1. The zero-order valence-corrected chi connectivity index (χ0v) is 19.6. The molecular weight excluding hydrogens is 473 g/mol. The average molecular weight is 501 g/mol. The van der Waals surface area contributed by atoms with Gasteiger partial charge in [0.2, 0.25) is 0 Å². The molecule has 0 aromatic carbocycles. The van der Waals surface area contributed by atoms with E-state index in [0.717, 1.165) is 18.5 Å². The molecule has 0 unspecified atom stereocenters. The summed E-state index contributed by atoms with van der Waals surface area (Å²) in [5.41, 5.74) is 12.7. The van der Waals surface area contributed by atoms with E-state index in [9.17, 15) is 0 Å². The smallest absolute Gasteiger partial charge is 0.120 e. The molecule has 3 heterocycles. The van der Waals surface area contributed by atoms with Crippen LogP contribution in [0.2, 0.25) is 0 Å². The number of aromatic nitrogens is 2. The monoisotopic (exact) mass is 501 g/mol. The molecule has 0 amide bonds. The van der Waals surface area contributed by atoms with Gasteiger partial charge in [-0.3, -0.25) is 15.4 Å². The Labute approximate surface area is 182 Å². The van der Waals surface area contributed by atoms with Gasteiger partial charge in [-0.25, -0.2) is 0 Å². The van der Waals surface area contributed by atoms with Crippen LogP contribution in [-0.4, -0.2) is 13.6 Å². The molecule has 2 aromatic rings. The highest BCUT2D eigenvalue weighted by Crippen LogP contribution is 2.45. The molecule has 2 aliphatic carbocycles. The van der Waals surface area contributed by atoms with E-state index in [1.807, 2.05) is 6.20 Å². The number of pyridine rings is 2. The maximum absolute atomic E-state index is 5.37. The van der Waals surface area contributed by atoms with E-state index in [1.54, 1.807) is 0 Å². The van der Waals surface area contributed by atoms with Crippen molar-refractivity contribution in [2.45, 2.75) is 71.6 Å². The highest BCUT2D eigenvalue weighted by Gasteiger charge is 2.34. The third kappa shape index (κ3) is 3.64. The zero-order chi connectivity index (χ0) is 20.0. The van der Waals surface area contributed by atoms with Crippen molar-refractivity contribution >= 4 is 24.6 Å². The van der Waals surface area contributed by atoms with E-state index in [-0.39, 0.29) is 0 Å². The lowest BCUT2D eigenvalue weighted by Crippen LogP contribution is -2.27. The molecule has 1 aliphatic heterocycles. The molecule has 1 saturated carbocycles. The van der Waals surface area contributed by atoms with Crippen LogP contribution in [0.5, 0.6) is 0 Å². The van der Waals surface area contributed by atoms with E-state index in [1.165, 1.54) is 69.4 Å². The van der Waals surface area contributed by atoms with Crippen LogP contribution in [0.1, 0.15) is 80.1 Å². The summed E-state index contributed by atoms with van der Waals surface area (Å²) in [6.07, 6.45) is 10.4. The minimum Gasteiger partial charge on any atom is -0.262 e. The van der Waals surface area contributed by atoms with Gasteiger partial charge in [-0.15, -0.1) is 3.33 Å². The molecule has 0 atom stereocenters. The van der Waals surface area contributed by atoms with E-state index < -0.39 is 21.0 Å². The fraction of sp³-hybridized carbons (Fsp3) is 0.522. The second-order valence-electron chi connectivity index (χ2n) is 9.37. The molecule has 0 saturated heterocycles. The first-order chi connectivity index (χ1) is 14.0. The number of halogens is 1. The summed E-state index contributed by atoms with van der Waals surface area (Å²) in [5.74, 6) is 0.561. The summed E-state index contributed by atoms with van der Waals surface area (Å²) < 4.78 is 5.57. The fourth-order valence-electron chi connectivity index (χ4n) is 5.09. The van der Waals surface area contributed by atoms with Gasteiger partial charge >= 0.3 is 0 Å². The quantitative estimate of drug-likeness (QED) is 0.528. The van der Waals surface area contributed by atoms with Crippen molar-refractivity contribution in [2.24, 2.45) is 14.0 Å². The summed E-state index contributed by atoms with van der Waals surface area (Å²) in [5, 5.41) is 4.15. The van der Waals surface area contributed by atoms with Crippen molar-refractivity contribution in [3.8, 4) is 11.1 Å². The van der Waals surface area contributed by atoms with Crippen molar-refractivity contribution in [3.05, 3.63) is 46.5 Å². The molecule has 1 fully saturated rings. The van der Waals surface area contributed by atoms with Gasteiger partial charge < -0.3 is 0 Å². The minimum atomic E-state index is -0.482. The highest BCUT2D eigenvalue weighted by molar-refractivity contribution is 14.2. The Morgan fingerprint density at radius 2 is 2.00 bits per heavy atom. The Morgan fingerprint density at radius 1 is 1.17 bits per heavy atom. The predicted molar refractivity (Wildman–Crippen MR) is 125 cm³/mol. The molecule has 5 rings (SSSR count). The Hall–Kier alpha value is -1.70. The normalized spacial score (nSPS) is 20.7. The third-order valence-electron chi connectivity index (χ3n) is 6.56. The molecule has 3 aliphatic rings. The Morgan fingerprint density at radius 3 is 2.72 bits per heavy atom. The molecular formula is C23H28IN5. The van der Waals surface area contributed by atoms with Crippen LogP contribution >= 0.6 is 21.0 Å². The van der Waals surface area contributed by atoms with Gasteiger partial charge in [-0.1, -0.05) is 31.9 Å². The summed E-state index contributed by atoms with van der Waals surface area (Å²) in [7, 11) is 0. The minimum absolute atomic E-state index is 0.301. The predicted octanol–water partition coefficient (Wildman–Crippen LogP) is 5.96. The van der Waals surface area contributed by atoms with Crippen LogP contribution in [0.4, 0.5) is 0 Å². The third-order valence-corrected chi connectivity index (χ3v) is 8.26. The van der Waals surface area contributed by atoms with Crippen molar-refractivity contribution in [3.63, 3.8) is 0 Å². The summed E-state index contributed by atoms with van der Waals surface area (Å²) >= 11 is -0.482. The van der Waals surface area contributed by atoms with E-state index >= 15 is 0 Å². The van der Waals surface area contributed by atoms with Gasteiger partial charge in [0, 0.05) is 29.1 Å². The van der Waals surface area contributed by atoms with Crippen LogP contribution in [0.15, 0.2) is 26.9 Å². The SMILES string of the molecule is Cc1cc(-c2c3c(nc(C4CCCC4)c2C2=IN=NN2)CCC(C)(C)C3)ccn1. The largest absolute Gasteiger partial charge is 0.262 e. The standard InChI is InChI=1S/C23H28IN5/c1-14-12-16(9-11-25-14)19-17-13-23(2,3)10-8-18(17)26-21(15-6-4-5-7-15)20(19)22-24-28-29-27-22/h9,11-12,15H,4-8,10,13H2,1-3H3,(H,27,28). The Kier molecular flexibility index (Phi) is 5.00. The van der Waals surface area contributed by atoms with Crippen molar-refractivity contribution in [1.82, 2.24) is 15.4 Å². The first-order valence-electron chi connectivity index (χ1n) is 10.7. The van der Waals surface area contributed by atoms with Crippen LogP contribution < -0.4 is 5.43 Å². The van der Waals surface area contributed by atoms with Gasteiger partial charge in [0.1, 0.15) is 3.63 Å². The van der Waals surface area contributed by atoms with Crippen LogP contribution in [-0.2, 0) is 12.8 Å². The number of nitrogens with zero attached hydrogens (tertiary/aromatic N) is 4. The molecule has 5 nitrogen and oxygen atoms in total. The second-order valence-corrected chi connectivity index (χ2v) is 11.4. The van der Waals surface area contributed by atoms with E-state index in [0.29, 0.717) is 11.3 Å². The lowest BCUT2D eigenvalue weighted by Gasteiger charge is -2.34. The number of fused-ring (bicyclic) bond motifs is 1. The number of hydrogen-bond donors (Lipinski definition) is 1. The molecule has 29 heavy (non-hydrogen) atoms. The zero-order valence-electron chi connectivity index (χ0n) is 17.4. The van der Waals surface area contributed by atoms with Crippen LogP contribution in [0.25, 0.3) is 11.1 Å². The maximum Gasteiger partial charge on any atom is 0.120 e. The van der Waals surface area contributed by atoms with Gasteiger partial charge in [-0.2, -0.15) is 0 Å². The van der Waals surface area contributed by atoms with Crippen molar-refractivity contribution in [2.75, 3.05) is 0 Å². The lowest BCUT2D eigenvalue weighted by molar-refractivity contribution is 0.312. The number of hydrogen-bond acceptors (Lipinski definition) is 5. The van der Waals surface area contributed by atoms with Crippen molar-refractivity contribution < 1.29 is 0 Å². The molecule has 0 bridgehead atoms. The number of aryl methyl sites for hydroxylation is 2. The molecule has 0 radical (unpaired) electrons.